The van der Waals surface area contributed by atoms with Gasteiger partial charge in [-0.2, -0.15) is 0 Å². The van der Waals surface area contributed by atoms with Crippen LogP contribution in [-0.4, -0.2) is 19.5 Å². The van der Waals surface area contributed by atoms with Gasteiger partial charge in [-0.1, -0.05) is 109 Å². The van der Waals surface area contributed by atoms with Crippen molar-refractivity contribution in [2.75, 3.05) is 7.05 Å². The van der Waals surface area contributed by atoms with Crippen molar-refractivity contribution in [3.63, 3.8) is 0 Å². The summed E-state index contributed by atoms with van der Waals surface area (Å²) in [4.78, 5) is 19.3. The number of nitrogens with zero attached hydrogens (tertiary/aromatic N) is 1. The lowest BCUT2D eigenvalue weighted by Crippen LogP contribution is -2.14. The Morgan fingerprint density at radius 1 is 0.957 bits per heavy atom. The zero-order valence-electron chi connectivity index (χ0n) is 26.0. The zero-order chi connectivity index (χ0) is 33.0. The van der Waals surface area contributed by atoms with Gasteiger partial charge in [0.25, 0.3) is 0 Å². The molecule has 2 N–H and O–H groups in total. The molecule has 0 saturated heterocycles. The van der Waals surface area contributed by atoms with Crippen LogP contribution >= 0.6 is 46.1 Å². The van der Waals surface area contributed by atoms with E-state index in [-0.39, 0.29) is 37.8 Å². The molecule has 4 aromatic rings. The van der Waals surface area contributed by atoms with Gasteiger partial charge in [0.05, 0.1) is 21.3 Å². The number of carbonyl (C=O) groups is 1. The number of aliphatic imine (C=N–C) groups is 1. The fourth-order valence-corrected chi connectivity index (χ4v) is 7.75. The average molecular weight is 690 g/mol. The highest BCUT2D eigenvalue weighted by atomic mass is 35.5. The number of fused-ring (bicyclic) bond motifs is 4. The maximum Gasteiger partial charge on any atom is 0.232 e. The third kappa shape index (κ3) is 6.67. The van der Waals surface area contributed by atoms with Gasteiger partial charge < -0.3 is 10.5 Å². The van der Waals surface area contributed by atoms with E-state index >= 15 is 0 Å². The number of hydrogen-bond donors (Lipinski definition) is 1. The van der Waals surface area contributed by atoms with E-state index in [2.05, 4.69) is 92.0 Å². The summed E-state index contributed by atoms with van der Waals surface area (Å²) in [5.41, 5.74) is 11.8. The molecule has 8 heteroatoms. The SMILES string of the molecule is C=Nc1ccccc1CCCC/C=C\C=C/c1ccc2c(c1)C(C)(C)c1cc(/C=C3/Oc4c(cc(Cl)c(Cl)c4Cl)C3=O)sc1-2.CN. The van der Waals surface area contributed by atoms with Crippen molar-refractivity contribution >= 4 is 76.5 Å². The number of carbonyl (C=O) groups excluding carboxylic acids is 1. The van der Waals surface area contributed by atoms with Gasteiger partial charge in [0.2, 0.25) is 5.78 Å². The van der Waals surface area contributed by atoms with Gasteiger partial charge in [-0.25, -0.2) is 0 Å². The largest absolute Gasteiger partial charge is 0.451 e. The van der Waals surface area contributed by atoms with Crippen LogP contribution in [0.1, 0.15) is 70.6 Å². The minimum Gasteiger partial charge on any atom is -0.451 e. The summed E-state index contributed by atoms with van der Waals surface area (Å²) < 4.78 is 5.85. The molecule has 46 heavy (non-hydrogen) atoms. The van der Waals surface area contributed by atoms with Crippen molar-refractivity contribution in [3.8, 4) is 16.2 Å². The van der Waals surface area contributed by atoms with Crippen LogP contribution in [0.4, 0.5) is 5.69 Å². The fraction of sp³-hybridized carbons (Fsp3) is 0.211. The first kappa shape index (κ1) is 33.9. The van der Waals surface area contributed by atoms with Crippen LogP contribution in [0.3, 0.4) is 0 Å². The maximum atomic E-state index is 13.0. The summed E-state index contributed by atoms with van der Waals surface area (Å²) in [7, 11) is 1.50. The Labute approximate surface area is 289 Å². The second-order valence-electron chi connectivity index (χ2n) is 11.4. The predicted octanol–water partition coefficient (Wildman–Crippen LogP) is 11.5. The minimum atomic E-state index is -0.258. The van der Waals surface area contributed by atoms with E-state index in [9.17, 15) is 4.79 Å². The number of benzene rings is 3. The Morgan fingerprint density at radius 3 is 2.52 bits per heavy atom. The lowest BCUT2D eigenvalue weighted by Gasteiger charge is -2.21. The molecule has 1 aliphatic carbocycles. The van der Waals surface area contributed by atoms with E-state index < -0.39 is 0 Å². The molecule has 0 spiro atoms. The summed E-state index contributed by atoms with van der Waals surface area (Å²) in [6.07, 6.45) is 14.7. The number of nitrogens with two attached hydrogens (primary N) is 1. The summed E-state index contributed by atoms with van der Waals surface area (Å²) in [5.74, 6) is 0.207. The molecule has 236 valence electrons. The van der Waals surface area contributed by atoms with E-state index in [0.717, 1.165) is 36.2 Å². The number of ketones is 1. The van der Waals surface area contributed by atoms with E-state index in [1.54, 1.807) is 17.4 Å². The van der Waals surface area contributed by atoms with E-state index in [1.807, 2.05) is 12.1 Å². The summed E-state index contributed by atoms with van der Waals surface area (Å²) in [5, 5.41) is 0.548. The number of thiophene rings is 1. The second-order valence-corrected chi connectivity index (χ2v) is 13.7. The molecule has 1 aliphatic heterocycles. The molecular weight excluding hydrogens is 655 g/mol. The van der Waals surface area contributed by atoms with Crippen LogP contribution in [0.15, 0.2) is 83.6 Å². The Bertz CT molecular complexity index is 1900. The zero-order valence-corrected chi connectivity index (χ0v) is 29.1. The Balaban J connectivity index is 0.00000204. The molecule has 0 radical (unpaired) electrons. The standard InChI is InChI=1S/C37H30Cl3NO2S.CH5N/c1-37(2)27-18-22(12-8-6-4-5-7-9-13-23-14-10-11-15-30(23)41-3)16-17-25(27)36-28(37)19-24(44-36)20-31-34(42)26-21-29(38)32(39)33(40)35(26)43-31;1-2/h4,6,8,10-12,14-21H,3,5,7,9,13H2,1-2H3;2H2,1H3/b6-4-,12-8-,31-20+;. The first-order valence-electron chi connectivity index (χ1n) is 15.1. The molecule has 0 unspecified atom stereocenters. The number of para-hydroxylation sites is 1. The second kappa shape index (κ2) is 14.5. The highest BCUT2D eigenvalue weighted by Crippen LogP contribution is 2.53. The molecule has 6 rings (SSSR count). The average Bonchev–Trinajstić information content (AvgIpc) is 3.69. The molecule has 0 saturated carbocycles. The summed E-state index contributed by atoms with van der Waals surface area (Å²) >= 11 is 20.3. The Hall–Kier alpha value is -3.45. The molecule has 0 bridgehead atoms. The van der Waals surface area contributed by atoms with Gasteiger partial charge in [0, 0.05) is 21.2 Å². The first-order chi connectivity index (χ1) is 22.2. The number of Topliss-reactive ketones (excluding diaryl/α,β-unsaturated/α-hetero) is 1. The number of hydrogen-bond acceptors (Lipinski definition) is 5. The van der Waals surface area contributed by atoms with Gasteiger partial charge in [0.15, 0.2) is 11.5 Å². The van der Waals surface area contributed by atoms with Crippen LogP contribution in [0, 0.1) is 0 Å². The Morgan fingerprint density at radius 2 is 1.74 bits per heavy atom. The van der Waals surface area contributed by atoms with Gasteiger partial charge in [-0.3, -0.25) is 9.79 Å². The predicted molar refractivity (Wildman–Crippen MR) is 198 cm³/mol. The van der Waals surface area contributed by atoms with Gasteiger partial charge in [-0.05, 0) is 85.5 Å². The molecule has 4 nitrogen and oxygen atoms in total. The van der Waals surface area contributed by atoms with E-state index in [4.69, 9.17) is 39.5 Å². The third-order valence-electron chi connectivity index (χ3n) is 8.22. The molecule has 0 atom stereocenters. The van der Waals surface area contributed by atoms with Gasteiger partial charge >= 0.3 is 0 Å². The smallest absolute Gasteiger partial charge is 0.232 e. The maximum absolute atomic E-state index is 13.0. The van der Waals surface area contributed by atoms with Crippen molar-refractivity contribution in [3.05, 3.63) is 126 Å². The van der Waals surface area contributed by atoms with Crippen LogP contribution in [0.25, 0.3) is 22.6 Å². The number of halogens is 3. The number of allylic oxidation sites excluding steroid dienone is 4. The molecule has 0 fully saturated rings. The quantitative estimate of drug-likeness (QED) is 0.0625. The van der Waals surface area contributed by atoms with Gasteiger partial charge in [0.1, 0.15) is 5.02 Å². The van der Waals surface area contributed by atoms with Crippen molar-refractivity contribution in [2.45, 2.75) is 44.9 Å². The summed E-state index contributed by atoms with van der Waals surface area (Å²) in [6, 6.07) is 18.5. The lowest BCUT2D eigenvalue weighted by molar-refractivity contribution is 0.101. The molecule has 0 amide bonds. The number of unbranched alkanes of at least 4 members (excludes halogenated alkanes) is 2. The number of ether oxygens (including phenoxy) is 1. The van der Waals surface area contributed by atoms with E-state index in [1.165, 1.54) is 45.8 Å². The third-order valence-corrected chi connectivity index (χ3v) is 10.6. The molecule has 2 aliphatic rings. The van der Waals surface area contributed by atoms with Crippen molar-refractivity contribution in [1.82, 2.24) is 0 Å². The normalized spacial score (nSPS) is 15.1. The van der Waals surface area contributed by atoms with E-state index in [0.29, 0.717) is 5.56 Å². The topological polar surface area (TPSA) is 64.7 Å². The van der Waals surface area contributed by atoms with Crippen molar-refractivity contribution in [2.24, 2.45) is 10.7 Å². The highest BCUT2D eigenvalue weighted by Gasteiger charge is 2.38. The highest BCUT2D eigenvalue weighted by molar-refractivity contribution is 7.16. The lowest BCUT2D eigenvalue weighted by atomic mass is 9.82. The minimum absolute atomic E-state index is 0.148. The number of aryl methyl sites for hydroxylation is 1. The molecule has 1 aromatic heterocycles. The monoisotopic (exact) mass is 688 g/mol. The van der Waals surface area contributed by atoms with Crippen molar-refractivity contribution in [1.29, 1.82) is 0 Å². The number of rotatable bonds is 9. The van der Waals surface area contributed by atoms with Crippen molar-refractivity contribution < 1.29 is 9.53 Å². The van der Waals surface area contributed by atoms with Crippen LogP contribution in [0.5, 0.6) is 5.75 Å². The Kier molecular flexibility index (Phi) is 10.7. The fourth-order valence-electron chi connectivity index (χ4n) is 5.83. The molecule has 3 aromatic carbocycles. The van der Waals surface area contributed by atoms with Gasteiger partial charge in [-0.15, -0.1) is 11.3 Å². The summed E-state index contributed by atoms with van der Waals surface area (Å²) in [6.45, 7) is 8.16. The van der Waals surface area contributed by atoms with Crippen LogP contribution < -0.4 is 10.5 Å². The molecular formula is C38H35Cl3N2O2S. The molecule has 2 heterocycles. The van der Waals surface area contributed by atoms with Crippen LogP contribution in [-0.2, 0) is 11.8 Å². The first-order valence-corrected chi connectivity index (χ1v) is 17.0. The van der Waals surface area contributed by atoms with Crippen LogP contribution in [0.2, 0.25) is 15.1 Å².